The summed E-state index contributed by atoms with van der Waals surface area (Å²) < 4.78 is 0. The van der Waals surface area contributed by atoms with E-state index in [0.29, 0.717) is 12.8 Å². The molecular weight excluding hydrogens is 432 g/mol. The number of carbonyl (C=O) groups is 6. The van der Waals surface area contributed by atoms with E-state index < -0.39 is 66.1 Å². The van der Waals surface area contributed by atoms with Crippen LogP contribution in [0.4, 0.5) is 0 Å². The molecule has 1 saturated heterocycles. The number of primary amides is 2. The number of carbonyl (C=O) groups excluding carboxylic acids is 5. The van der Waals surface area contributed by atoms with E-state index in [4.69, 9.17) is 17.2 Å². The van der Waals surface area contributed by atoms with Crippen molar-refractivity contribution >= 4 is 48.1 Å². The third kappa shape index (κ3) is 8.05. The van der Waals surface area contributed by atoms with E-state index in [9.17, 15) is 33.9 Å². The van der Waals surface area contributed by atoms with E-state index in [2.05, 4.69) is 23.3 Å². The van der Waals surface area contributed by atoms with Gasteiger partial charge >= 0.3 is 5.97 Å². The average Bonchev–Trinajstić information content (AvgIpc) is 3.17. The second-order valence-corrected chi connectivity index (χ2v) is 7.48. The first kappa shape index (κ1) is 26.2. The van der Waals surface area contributed by atoms with Crippen molar-refractivity contribution in [3.8, 4) is 0 Å². The van der Waals surface area contributed by atoms with Gasteiger partial charge in [0, 0.05) is 18.7 Å². The molecule has 14 heteroatoms. The summed E-state index contributed by atoms with van der Waals surface area (Å²) in [5, 5.41) is 14.0. The highest BCUT2D eigenvalue weighted by Gasteiger charge is 2.38. The molecule has 1 rings (SSSR count). The second-order valence-electron chi connectivity index (χ2n) is 7.11. The fourth-order valence-corrected chi connectivity index (χ4v) is 3.34. The Morgan fingerprint density at radius 2 is 1.65 bits per heavy atom. The fraction of sp³-hybridized carbons (Fsp3) is 0.647. The molecule has 0 aliphatic carbocycles. The number of likely N-dealkylation sites (tertiary alicyclic amines) is 1. The van der Waals surface area contributed by atoms with Crippen LogP contribution in [0, 0.1) is 0 Å². The highest BCUT2D eigenvalue weighted by molar-refractivity contribution is 7.80. The van der Waals surface area contributed by atoms with Gasteiger partial charge in [0.05, 0.1) is 12.5 Å². The fourth-order valence-electron chi connectivity index (χ4n) is 3.09. The van der Waals surface area contributed by atoms with Gasteiger partial charge in [-0.2, -0.15) is 12.6 Å². The third-order valence-corrected chi connectivity index (χ3v) is 5.05. The Balaban J connectivity index is 2.89. The van der Waals surface area contributed by atoms with Crippen LogP contribution in [0.5, 0.6) is 0 Å². The van der Waals surface area contributed by atoms with Gasteiger partial charge in [-0.15, -0.1) is 0 Å². The van der Waals surface area contributed by atoms with Crippen molar-refractivity contribution < 1.29 is 33.9 Å². The molecule has 0 spiro atoms. The minimum Gasteiger partial charge on any atom is -0.480 e. The second kappa shape index (κ2) is 12.1. The molecule has 9 N–H and O–H groups in total. The van der Waals surface area contributed by atoms with E-state index >= 15 is 0 Å². The van der Waals surface area contributed by atoms with Crippen molar-refractivity contribution in [2.75, 3.05) is 12.3 Å². The van der Waals surface area contributed by atoms with Crippen LogP contribution < -0.4 is 27.8 Å². The van der Waals surface area contributed by atoms with Gasteiger partial charge in [0.2, 0.25) is 29.5 Å². The molecule has 4 atom stereocenters. The molecule has 0 saturated carbocycles. The van der Waals surface area contributed by atoms with E-state index in [1.165, 1.54) is 0 Å². The number of carboxylic acids is 1. The summed E-state index contributed by atoms with van der Waals surface area (Å²) in [6, 6.07) is -4.76. The maximum Gasteiger partial charge on any atom is 0.326 e. The lowest BCUT2D eigenvalue weighted by atomic mass is 10.1. The number of rotatable bonds is 12. The van der Waals surface area contributed by atoms with Crippen LogP contribution in [0.1, 0.15) is 32.1 Å². The summed E-state index contributed by atoms with van der Waals surface area (Å²) in [5.74, 6) is -5.13. The number of amides is 5. The highest BCUT2D eigenvalue weighted by atomic mass is 32.1. The first-order valence-electron chi connectivity index (χ1n) is 9.55. The van der Waals surface area contributed by atoms with Crippen molar-refractivity contribution in [2.24, 2.45) is 17.2 Å². The largest absolute Gasteiger partial charge is 0.480 e. The monoisotopic (exact) mass is 460 g/mol. The summed E-state index contributed by atoms with van der Waals surface area (Å²) in [5.41, 5.74) is 15.7. The molecule has 0 aromatic rings. The highest BCUT2D eigenvalue weighted by Crippen LogP contribution is 2.19. The molecule has 31 heavy (non-hydrogen) atoms. The van der Waals surface area contributed by atoms with Crippen LogP contribution in [0.3, 0.4) is 0 Å². The van der Waals surface area contributed by atoms with Crippen LogP contribution in [0.25, 0.3) is 0 Å². The van der Waals surface area contributed by atoms with Crippen molar-refractivity contribution in [1.29, 1.82) is 0 Å². The normalized spacial score (nSPS) is 18.5. The Kier molecular flexibility index (Phi) is 10.2. The maximum atomic E-state index is 12.7. The standard InChI is InChI=1S/C17H28N6O7S/c18-8(6-13(20)25)14(26)21-9(3-4-12(19)24)15(27)22-10(7-31)16(28)23-5-1-2-11(23)17(29)30/h8-11,31H,1-7,18H2,(H2,19,24)(H2,20,25)(H,21,26)(H,22,27)(H,29,30). The number of hydrogen-bond donors (Lipinski definition) is 7. The molecule has 0 bridgehead atoms. The topological polar surface area (TPSA) is 228 Å². The van der Waals surface area contributed by atoms with Crippen LogP contribution >= 0.6 is 12.6 Å². The van der Waals surface area contributed by atoms with Gasteiger partial charge in [-0.25, -0.2) is 4.79 Å². The first-order valence-corrected chi connectivity index (χ1v) is 10.2. The minimum absolute atomic E-state index is 0.134. The van der Waals surface area contributed by atoms with Gasteiger partial charge in [-0.3, -0.25) is 24.0 Å². The van der Waals surface area contributed by atoms with Gasteiger partial charge < -0.3 is 37.8 Å². The summed E-state index contributed by atoms with van der Waals surface area (Å²) in [7, 11) is 0. The van der Waals surface area contributed by atoms with Gasteiger partial charge in [-0.1, -0.05) is 0 Å². The van der Waals surface area contributed by atoms with Gasteiger partial charge in [0.15, 0.2) is 0 Å². The minimum atomic E-state index is -1.32. The summed E-state index contributed by atoms with van der Waals surface area (Å²) in [4.78, 5) is 72.1. The zero-order valence-electron chi connectivity index (χ0n) is 16.8. The van der Waals surface area contributed by atoms with E-state index in [1.54, 1.807) is 0 Å². The smallest absolute Gasteiger partial charge is 0.326 e. The van der Waals surface area contributed by atoms with Crippen LogP contribution in [-0.4, -0.2) is 82.0 Å². The van der Waals surface area contributed by atoms with E-state index in [1.807, 2.05) is 0 Å². The number of aliphatic carboxylic acids is 1. The van der Waals surface area contributed by atoms with Crippen molar-refractivity contribution in [2.45, 2.75) is 56.3 Å². The van der Waals surface area contributed by atoms with E-state index in [-0.39, 0.29) is 25.1 Å². The molecule has 1 aliphatic rings. The third-order valence-electron chi connectivity index (χ3n) is 4.69. The van der Waals surface area contributed by atoms with Gasteiger partial charge in [0.25, 0.3) is 0 Å². The molecule has 174 valence electrons. The zero-order valence-corrected chi connectivity index (χ0v) is 17.7. The predicted molar refractivity (Wildman–Crippen MR) is 110 cm³/mol. The number of nitrogens with one attached hydrogen (secondary N) is 2. The maximum absolute atomic E-state index is 12.7. The Morgan fingerprint density at radius 3 is 2.16 bits per heavy atom. The first-order chi connectivity index (χ1) is 14.5. The molecule has 5 amide bonds. The Morgan fingerprint density at radius 1 is 1.03 bits per heavy atom. The number of carboxylic acid groups (broad SMARTS) is 1. The number of nitrogens with zero attached hydrogens (tertiary/aromatic N) is 1. The summed E-state index contributed by atoms with van der Waals surface area (Å²) in [6.45, 7) is 0.222. The molecule has 1 heterocycles. The Hall–Kier alpha value is -2.87. The molecule has 1 aliphatic heterocycles. The van der Waals surface area contributed by atoms with Crippen LogP contribution in [0.2, 0.25) is 0 Å². The molecule has 0 aromatic heterocycles. The van der Waals surface area contributed by atoms with Crippen molar-refractivity contribution in [1.82, 2.24) is 15.5 Å². The lowest BCUT2D eigenvalue weighted by Gasteiger charge is -2.28. The molecule has 0 aromatic carbocycles. The molecule has 1 fully saturated rings. The summed E-state index contributed by atoms with van der Waals surface area (Å²) in [6.07, 6.45) is -0.102. The number of nitrogens with two attached hydrogens (primary N) is 3. The molecule has 4 unspecified atom stereocenters. The van der Waals surface area contributed by atoms with Crippen molar-refractivity contribution in [3.63, 3.8) is 0 Å². The number of hydrogen-bond acceptors (Lipinski definition) is 8. The number of thiol groups is 1. The molecule has 0 radical (unpaired) electrons. The average molecular weight is 461 g/mol. The van der Waals surface area contributed by atoms with Gasteiger partial charge in [-0.05, 0) is 19.3 Å². The quantitative estimate of drug-likeness (QED) is 0.144. The Labute approximate surface area is 183 Å². The van der Waals surface area contributed by atoms with E-state index in [0.717, 1.165) is 4.90 Å². The molecular formula is C17H28N6O7S. The predicted octanol–water partition coefficient (Wildman–Crippen LogP) is -3.57. The summed E-state index contributed by atoms with van der Waals surface area (Å²) >= 11 is 4.05. The Bertz CT molecular complexity index is 734. The van der Waals surface area contributed by atoms with Crippen LogP contribution in [-0.2, 0) is 28.8 Å². The SMILES string of the molecule is NC(=O)CCC(NC(=O)C(N)CC(N)=O)C(=O)NC(CS)C(=O)N1CCCC1C(=O)O. The van der Waals surface area contributed by atoms with Gasteiger partial charge in [0.1, 0.15) is 18.1 Å². The van der Waals surface area contributed by atoms with Crippen molar-refractivity contribution in [3.05, 3.63) is 0 Å². The molecule has 13 nitrogen and oxygen atoms in total. The zero-order chi connectivity index (χ0) is 23.7. The van der Waals surface area contributed by atoms with Crippen LogP contribution in [0.15, 0.2) is 0 Å². The lowest BCUT2D eigenvalue weighted by molar-refractivity contribution is -0.149. The lowest BCUT2D eigenvalue weighted by Crippen LogP contribution is -2.58.